The molecule has 0 bridgehead atoms. The van der Waals surface area contributed by atoms with Crippen molar-refractivity contribution in [2.75, 3.05) is 6.54 Å². The molecule has 1 unspecified atom stereocenters. The molecule has 1 N–H and O–H groups in total. The van der Waals surface area contributed by atoms with E-state index < -0.39 is 0 Å². The molecule has 3 aromatic rings. The fraction of sp³-hybridized carbons (Fsp3) is 0.136. The van der Waals surface area contributed by atoms with Crippen LogP contribution in [0.3, 0.4) is 0 Å². The Balaban J connectivity index is 1.67. The molecule has 0 spiro atoms. The summed E-state index contributed by atoms with van der Waals surface area (Å²) in [5, 5.41) is 2.84. The third-order valence-corrected chi connectivity index (χ3v) is 5.16. The van der Waals surface area contributed by atoms with Gasteiger partial charge >= 0.3 is 0 Å². The minimum atomic E-state index is -0.251. The zero-order valence-corrected chi connectivity index (χ0v) is 14.8. The Morgan fingerprint density at radius 2 is 1.36 bits per heavy atom. The number of thioether (sulfide) groups is 1. The molecule has 25 heavy (non-hydrogen) atoms. The Hall–Kier alpha value is -2.52. The van der Waals surface area contributed by atoms with Gasteiger partial charge in [-0.3, -0.25) is 4.79 Å². The maximum absolute atomic E-state index is 12.8. The molecule has 0 fully saturated rings. The standard InChI is InChI=1S/C22H21NOS/c24-22(23-17-16-18-10-4-1-5-11-18)21(19-12-6-2-7-13-19)25-20-14-8-3-9-15-20/h1-15,21H,16-17H2,(H,23,24). The molecular formula is C22H21NOS. The zero-order valence-electron chi connectivity index (χ0n) is 14.0. The Bertz CT molecular complexity index is 775. The van der Waals surface area contributed by atoms with E-state index in [1.807, 2.05) is 78.9 Å². The summed E-state index contributed by atoms with van der Waals surface area (Å²) in [5.41, 5.74) is 2.25. The number of amides is 1. The number of hydrogen-bond acceptors (Lipinski definition) is 2. The smallest absolute Gasteiger partial charge is 0.238 e. The second kappa shape index (κ2) is 9.09. The lowest BCUT2D eigenvalue weighted by molar-refractivity contribution is -0.120. The minimum absolute atomic E-state index is 0.0518. The summed E-state index contributed by atoms with van der Waals surface area (Å²) >= 11 is 1.58. The summed E-state index contributed by atoms with van der Waals surface area (Å²) in [6.07, 6.45) is 0.837. The number of carbonyl (C=O) groups is 1. The van der Waals surface area contributed by atoms with Gasteiger partial charge in [-0.05, 0) is 29.7 Å². The molecular weight excluding hydrogens is 326 g/mol. The van der Waals surface area contributed by atoms with Crippen molar-refractivity contribution in [2.45, 2.75) is 16.6 Å². The second-order valence-electron chi connectivity index (χ2n) is 5.75. The molecule has 0 aromatic heterocycles. The quantitative estimate of drug-likeness (QED) is 0.617. The average Bonchev–Trinajstić information content (AvgIpc) is 2.68. The van der Waals surface area contributed by atoms with Gasteiger partial charge in [0.2, 0.25) is 5.91 Å². The summed E-state index contributed by atoms with van der Waals surface area (Å²) < 4.78 is 0. The molecule has 3 rings (SSSR count). The van der Waals surface area contributed by atoms with Crippen molar-refractivity contribution in [1.29, 1.82) is 0 Å². The highest BCUT2D eigenvalue weighted by molar-refractivity contribution is 8.00. The largest absolute Gasteiger partial charge is 0.355 e. The molecule has 3 aromatic carbocycles. The van der Waals surface area contributed by atoms with Gasteiger partial charge in [-0.15, -0.1) is 11.8 Å². The Kier molecular flexibility index (Phi) is 6.29. The van der Waals surface area contributed by atoms with Crippen LogP contribution in [-0.4, -0.2) is 12.5 Å². The first-order valence-electron chi connectivity index (χ1n) is 8.41. The fourth-order valence-electron chi connectivity index (χ4n) is 2.60. The van der Waals surface area contributed by atoms with E-state index in [2.05, 4.69) is 17.4 Å². The summed E-state index contributed by atoms with van der Waals surface area (Å²) in [4.78, 5) is 13.9. The maximum atomic E-state index is 12.8. The van der Waals surface area contributed by atoms with Crippen molar-refractivity contribution >= 4 is 17.7 Å². The van der Waals surface area contributed by atoms with Gasteiger partial charge in [-0.25, -0.2) is 0 Å². The summed E-state index contributed by atoms with van der Waals surface area (Å²) in [6.45, 7) is 0.640. The van der Waals surface area contributed by atoms with Crippen molar-refractivity contribution in [3.8, 4) is 0 Å². The van der Waals surface area contributed by atoms with E-state index in [4.69, 9.17) is 0 Å². The van der Waals surface area contributed by atoms with Crippen LogP contribution in [0.4, 0.5) is 0 Å². The molecule has 0 aliphatic carbocycles. The molecule has 0 saturated carbocycles. The van der Waals surface area contributed by atoms with E-state index in [-0.39, 0.29) is 11.2 Å². The van der Waals surface area contributed by atoms with Gasteiger partial charge in [0.15, 0.2) is 0 Å². The van der Waals surface area contributed by atoms with E-state index in [0.29, 0.717) is 6.54 Å². The third-order valence-electron chi connectivity index (χ3n) is 3.89. The second-order valence-corrected chi connectivity index (χ2v) is 6.93. The predicted octanol–water partition coefficient (Wildman–Crippen LogP) is 4.88. The van der Waals surface area contributed by atoms with Crippen LogP contribution < -0.4 is 5.32 Å². The number of nitrogens with one attached hydrogen (secondary N) is 1. The fourth-order valence-corrected chi connectivity index (χ4v) is 3.67. The molecule has 1 amide bonds. The van der Waals surface area contributed by atoms with Crippen molar-refractivity contribution in [3.05, 3.63) is 102 Å². The minimum Gasteiger partial charge on any atom is -0.355 e. The highest BCUT2D eigenvalue weighted by Crippen LogP contribution is 2.35. The highest BCUT2D eigenvalue weighted by Gasteiger charge is 2.21. The SMILES string of the molecule is O=C(NCCc1ccccc1)C(Sc1ccccc1)c1ccccc1. The van der Waals surface area contributed by atoms with Gasteiger partial charge in [-0.1, -0.05) is 78.9 Å². The van der Waals surface area contributed by atoms with Crippen LogP contribution in [0.5, 0.6) is 0 Å². The van der Waals surface area contributed by atoms with Crippen LogP contribution in [0.2, 0.25) is 0 Å². The van der Waals surface area contributed by atoms with Gasteiger partial charge < -0.3 is 5.32 Å². The van der Waals surface area contributed by atoms with Gasteiger partial charge in [0.25, 0.3) is 0 Å². The predicted molar refractivity (Wildman–Crippen MR) is 105 cm³/mol. The topological polar surface area (TPSA) is 29.1 Å². The first-order valence-corrected chi connectivity index (χ1v) is 9.29. The van der Waals surface area contributed by atoms with Gasteiger partial charge in [0.1, 0.15) is 5.25 Å². The van der Waals surface area contributed by atoms with E-state index >= 15 is 0 Å². The first kappa shape index (κ1) is 17.3. The summed E-state index contributed by atoms with van der Waals surface area (Å²) in [5.74, 6) is 0.0518. The molecule has 3 heteroatoms. The molecule has 0 aliphatic heterocycles. The molecule has 126 valence electrons. The van der Waals surface area contributed by atoms with E-state index in [1.54, 1.807) is 11.8 Å². The lowest BCUT2D eigenvalue weighted by atomic mass is 10.1. The molecule has 2 nitrogen and oxygen atoms in total. The van der Waals surface area contributed by atoms with E-state index in [0.717, 1.165) is 16.9 Å². The van der Waals surface area contributed by atoms with Gasteiger partial charge in [-0.2, -0.15) is 0 Å². The normalized spacial score (nSPS) is 11.7. The van der Waals surface area contributed by atoms with E-state index in [9.17, 15) is 4.79 Å². The maximum Gasteiger partial charge on any atom is 0.238 e. The number of benzene rings is 3. The van der Waals surface area contributed by atoms with Crippen LogP contribution in [-0.2, 0) is 11.2 Å². The van der Waals surface area contributed by atoms with Gasteiger partial charge in [0, 0.05) is 11.4 Å². The molecule has 1 atom stereocenters. The van der Waals surface area contributed by atoms with Crippen molar-refractivity contribution < 1.29 is 4.79 Å². The van der Waals surface area contributed by atoms with Crippen LogP contribution in [0.15, 0.2) is 95.9 Å². The van der Waals surface area contributed by atoms with E-state index in [1.165, 1.54) is 5.56 Å². The Labute approximate surface area is 153 Å². The Morgan fingerprint density at radius 1 is 0.800 bits per heavy atom. The lowest BCUT2D eigenvalue weighted by Gasteiger charge is -2.17. The summed E-state index contributed by atoms with van der Waals surface area (Å²) in [7, 11) is 0. The first-order chi connectivity index (χ1) is 12.3. The van der Waals surface area contributed by atoms with Crippen LogP contribution in [0, 0.1) is 0 Å². The molecule has 0 radical (unpaired) electrons. The van der Waals surface area contributed by atoms with Crippen molar-refractivity contribution in [2.24, 2.45) is 0 Å². The number of carbonyl (C=O) groups excluding carboxylic acids is 1. The highest BCUT2D eigenvalue weighted by atomic mass is 32.2. The zero-order chi connectivity index (χ0) is 17.3. The average molecular weight is 347 g/mol. The van der Waals surface area contributed by atoms with Crippen molar-refractivity contribution in [1.82, 2.24) is 5.32 Å². The van der Waals surface area contributed by atoms with Crippen LogP contribution in [0.25, 0.3) is 0 Å². The monoisotopic (exact) mass is 347 g/mol. The number of hydrogen-bond donors (Lipinski definition) is 1. The molecule has 0 aliphatic rings. The Morgan fingerprint density at radius 3 is 2.00 bits per heavy atom. The van der Waals surface area contributed by atoms with Crippen LogP contribution >= 0.6 is 11.8 Å². The number of rotatable bonds is 7. The summed E-state index contributed by atoms with van der Waals surface area (Å²) in [6, 6.07) is 30.2. The third kappa shape index (κ3) is 5.23. The van der Waals surface area contributed by atoms with Crippen LogP contribution in [0.1, 0.15) is 16.4 Å². The molecule has 0 saturated heterocycles. The lowest BCUT2D eigenvalue weighted by Crippen LogP contribution is -2.29. The van der Waals surface area contributed by atoms with Gasteiger partial charge in [0.05, 0.1) is 0 Å². The molecule has 0 heterocycles. The van der Waals surface area contributed by atoms with Crippen molar-refractivity contribution in [3.63, 3.8) is 0 Å².